The van der Waals surface area contributed by atoms with Crippen LogP contribution in [0.4, 0.5) is 10.7 Å². The largest absolute Gasteiger partial charge is 0.508 e. The molecular weight excluding hydrogens is 450 g/mol. The Morgan fingerprint density at radius 2 is 1.82 bits per heavy atom. The molecule has 0 radical (unpaired) electrons. The van der Waals surface area contributed by atoms with Crippen molar-refractivity contribution in [3.63, 3.8) is 0 Å². The Morgan fingerprint density at radius 1 is 1.06 bits per heavy atom. The number of anilines is 1. The minimum Gasteiger partial charge on any atom is -0.508 e. The quantitative estimate of drug-likeness (QED) is 0.362. The Balaban J connectivity index is 1.12. The van der Waals surface area contributed by atoms with Gasteiger partial charge < -0.3 is 26.2 Å². The van der Waals surface area contributed by atoms with E-state index in [1.165, 1.54) is 5.56 Å². The summed E-state index contributed by atoms with van der Waals surface area (Å²) in [5.41, 5.74) is 1.89. The van der Waals surface area contributed by atoms with Crippen molar-refractivity contribution < 1.29 is 15.0 Å². The summed E-state index contributed by atoms with van der Waals surface area (Å²) in [7, 11) is 0. The first-order chi connectivity index (χ1) is 16.5. The normalized spacial score (nSPS) is 23.9. The second-order valence-electron chi connectivity index (χ2n) is 8.73. The Morgan fingerprint density at radius 3 is 2.62 bits per heavy atom. The van der Waals surface area contributed by atoms with Crippen LogP contribution in [0.15, 0.2) is 53.6 Å². The van der Waals surface area contributed by atoms with Gasteiger partial charge in [-0.1, -0.05) is 18.2 Å². The molecule has 2 heterocycles. The Labute approximate surface area is 201 Å². The topological polar surface area (TPSA) is 119 Å². The van der Waals surface area contributed by atoms with Crippen LogP contribution in [0.25, 0.3) is 16.8 Å². The summed E-state index contributed by atoms with van der Waals surface area (Å²) in [5, 5.41) is 30.9. The Hall–Kier alpha value is -3.14. The average molecular weight is 478 g/mol. The molecule has 176 valence electrons. The summed E-state index contributed by atoms with van der Waals surface area (Å²) in [6, 6.07) is 14.3. The molecule has 2 aliphatic rings. The van der Waals surface area contributed by atoms with Crippen LogP contribution in [0.3, 0.4) is 0 Å². The fraction of sp³-hybridized carbons (Fsp3) is 0.320. The molecule has 1 aliphatic carbocycles. The van der Waals surface area contributed by atoms with E-state index in [2.05, 4.69) is 44.1 Å². The molecule has 0 bridgehead atoms. The van der Waals surface area contributed by atoms with Gasteiger partial charge in [0.1, 0.15) is 5.75 Å². The van der Waals surface area contributed by atoms with E-state index in [9.17, 15) is 15.0 Å². The minimum absolute atomic E-state index is 0.266. The van der Waals surface area contributed by atoms with Crippen molar-refractivity contribution in [1.82, 2.24) is 20.6 Å². The second kappa shape index (κ2) is 10.0. The van der Waals surface area contributed by atoms with Gasteiger partial charge in [-0.3, -0.25) is 4.79 Å². The van der Waals surface area contributed by atoms with Gasteiger partial charge in [0.05, 0.1) is 5.69 Å². The number of rotatable bonds is 6. The van der Waals surface area contributed by atoms with Crippen LogP contribution in [-0.4, -0.2) is 43.7 Å². The summed E-state index contributed by atoms with van der Waals surface area (Å²) in [6.07, 6.45) is 6.60. The van der Waals surface area contributed by atoms with Gasteiger partial charge in [-0.2, -0.15) is 0 Å². The Bertz CT molecular complexity index is 1230. The summed E-state index contributed by atoms with van der Waals surface area (Å²) < 4.78 is 0. The molecule has 8 nitrogen and oxygen atoms in total. The zero-order chi connectivity index (χ0) is 23.5. The number of aromatic hydroxyl groups is 1. The lowest BCUT2D eigenvalue weighted by Gasteiger charge is -2.30. The van der Waals surface area contributed by atoms with E-state index in [1.54, 1.807) is 30.5 Å². The number of phenols is 1. The number of carbonyl (C=O) groups is 1. The third kappa shape index (κ3) is 5.49. The number of aliphatic hydroxyl groups excluding tert-OH is 1. The van der Waals surface area contributed by atoms with E-state index >= 15 is 0 Å². The molecule has 0 spiro atoms. The lowest BCUT2D eigenvalue weighted by Crippen LogP contribution is -2.36. The number of phenolic OH excluding ortho intramolecular Hbond substituents is 1. The molecule has 5 N–H and O–H groups in total. The molecule has 34 heavy (non-hydrogen) atoms. The maximum Gasteiger partial charge on any atom is 0.285 e. The van der Waals surface area contributed by atoms with Gasteiger partial charge in [0, 0.05) is 29.7 Å². The number of hydrogen-bond donors (Lipinski definition) is 5. The number of carbonyl (C=O) groups excluding carboxylic acids is 1. The fourth-order valence-corrected chi connectivity index (χ4v) is 5.17. The first-order valence-electron chi connectivity index (χ1n) is 11.4. The van der Waals surface area contributed by atoms with Crippen molar-refractivity contribution in [1.29, 1.82) is 0 Å². The number of benzene rings is 2. The van der Waals surface area contributed by atoms with Gasteiger partial charge in [0.15, 0.2) is 6.23 Å². The fourth-order valence-electron chi connectivity index (χ4n) is 4.43. The van der Waals surface area contributed by atoms with Crippen LogP contribution in [0.5, 0.6) is 5.75 Å². The maximum absolute atomic E-state index is 11.4. The number of nitrogens with zero attached hydrogens (tertiary/aromatic N) is 2. The highest BCUT2D eigenvalue weighted by Gasteiger charge is 2.25. The van der Waals surface area contributed by atoms with E-state index in [0.717, 1.165) is 54.8 Å². The second-order valence-corrected chi connectivity index (χ2v) is 9.77. The monoisotopic (exact) mass is 477 g/mol. The Kier molecular flexibility index (Phi) is 6.66. The first kappa shape index (κ1) is 22.6. The number of nitrogens with one attached hydrogen (secondary N) is 3. The lowest BCUT2D eigenvalue weighted by atomic mass is 9.91. The zero-order valence-corrected chi connectivity index (χ0v) is 19.4. The predicted molar refractivity (Wildman–Crippen MR) is 134 cm³/mol. The van der Waals surface area contributed by atoms with Crippen molar-refractivity contribution in [2.75, 3.05) is 5.32 Å². The molecule has 3 aromatic rings. The van der Waals surface area contributed by atoms with E-state index < -0.39 is 6.23 Å². The SMILES string of the molecule is O=C1NC(O)/C(=C/c2ccnc(N[C@H]3CC[C@H](NCc4ccc5cc(O)ccc5c4)CC3)n2)S1. The molecule has 1 unspecified atom stereocenters. The van der Waals surface area contributed by atoms with Crippen LogP contribution >= 0.6 is 11.8 Å². The van der Waals surface area contributed by atoms with Crippen LogP contribution in [0.1, 0.15) is 36.9 Å². The predicted octanol–water partition coefficient (Wildman–Crippen LogP) is 3.96. The van der Waals surface area contributed by atoms with Gasteiger partial charge in [-0.25, -0.2) is 9.97 Å². The molecule has 5 rings (SSSR count). The molecule has 1 saturated heterocycles. The van der Waals surface area contributed by atoms with Crippen LogP contribution in [0, 0.1) is 0 Å². The number of amides is 1. The summed E-state index contributed by atoms with van der Waals surface area (Å²) in [4.78, 5) is 20.8. The highest BCUT2D eigenvalue weighted by molar-refractivity contribution is 8.17. The van der Waals surface area contributed by atoms with Crippen LogP contribution < -0.4 is 16.0 Å². The summed E-state index contributed by atoms with van der Waals surface area (Å²) >= 11 is 0.977. The van der Waals surface area contributed by atoms with E-state index in [0.29, 0.717) is 34.4 Å². The molecule has 2 fully saturated rings. The number of aliphatic hydroxyl groups is 1. The van der Waals surface area contributed by atoms with Crippen molar-refractivity contribution in [3.8, 4) is 5.75 Å². The van der Waals surface area contributed by atoms with E-state index in [-0.39, 0.29) is 5.24 Å². The van der Waals surface area contributed by atoms with Gasteiger partial charge >= 0.3 is 0 Å². The minimum atomic E-state index is -0.977. The number of fused-ring (bicyclic) bond motifs is 1. The number of aromatic nitrogens is 2. The van der Waals surface area contributed by atoms with Gasteiger partial charge in [-0.15, -0.1) is 0 Å². The third-order valence-corrected chi connectivity index (χ3v) is 7.13. The zero-order valence-electron chi connectivity index (χ0n) is 18.6. The summed E-state index contributed by atoms with van der Waals surface area (Å²) in [5.74, 6) is 0.850. The van der Waals surface area contributed by atoms with Gasteiger partial charge in [0.2, 0.25) is 5.95 Å². The van der Waals surface area contributed by atoms with Crippen LogP contribution in [-0.2, 0) is 6.54 Å². The molecule has 1 amide bonds. The first-order valence-corrected chi connectivity index (χ1v) is 12.3. The molecule has 2 aromatic carbocycles. The molecule has 9 heteroatoms. The maximum atomic E-state index is 11.4. The van der Waals surface area contributed by atoms with Gasteiger partial charge in [-0.05, 0) is 84.1 Å². The molecule has 1 aromatic heterocycles. The number of hydrogen-bond acceptors (Lipinski definition) is 8. The van der Waals surface area contributed by atoms with Crippen molar-refractivity contribution in [2.24, 2.45) is 0 Å². The van der Waals surface area contributed by atoms with Gasteiger partial charge in [0.25, 0.3) is 5.24 Å². The van der Waals surface area contributed by atoms with Crippen molar-refractivity contribution in [3.05, 3.63) is 64.8 Å². The third-order valence-electron chi connectivity index (χ3n) is 6.25. The standard InChI is InChI=1S/C25H27N5O3S/c31-21-8-3-16-11-15(1-2-17(16)12-21)14-27-18-4-6-19(7-5-18)28-24-26-10-9-20(29-24)13-22-23(32)30-25(33)34-22/h1-3,8-13,18-19,23,27,31-32H,4-7,14H2,(H,30,33)(H,26,28,29)/b22-13-/t18-,19-,23?. The highest BCUT2D eigenvalue weighted by atomic mass is 32.2. The number of thioether (sulfide) groups is 1. The van der Waals surface area contributed by atoms with Crippen LogP contribution in [0.2, 0.25) is 0 Å². The highest BCUT2D eigenvalue weighted by Crippen LogP contribution is 2.28. The molecule has 1 atom stereocenters. The summed E-state index contributed by atoms with van der Waals surface area (Å²) in [6.45, 7) is 0.820. The van der Waals surface area contributed by atoms with E-state index in [4.69, 9.17) is 0 Å². The van der Waals surface area contributed by atoms with E-state index in [1.807, 2.05) is 6.07 Å². The molecule has 1 saturated carbocycles. The average Bonchev–Trinajstić information content (AvgIpc) is 3.15. The van der Waals surface area contributed by atoms with Crippen molar-refractivity contribution in [2.45, 2.75) is 50.5 Å². The smallest absolute Gasteiger partial charge is 0.285 e. The molecule has 1 aliphatic heterocycles. The lowest BCUT2D eigenvalue weighted by molar-refractivity contribution is 0.192. The molecular formula is C25H27N5O3S. The van der Waals surface area contributed by atoms with Crippen molar-refractivity contribution >= 4 is 39.8 Å².